The Balaban J connectivity index is 1.79. The number of hydrogen-bond donors (Lipinski definition) is 2. The standard InChI is InChI=1S/C18H15BrN6O4/c19-12-9-24(10-15(26)22-13-5-1-3-7-20-13)18(29)25(17(12)28)11-16(27)23-14-6-2-4-8-21-14/h1-9H,10-11H2,(H,20,22,26)(H,21,23,27). The van der Waals surface area contributed by atoms with Gasteiger partial charge in [-0.3, -0.25) is 19.0 Å². The van der Waals surface area contributed by atoms with Gasteiger partial charge in [0.1, 0.15) is 24.7 Å². The van der Waals surface area contributed by atoms with Crippen molar-refractivity contribution in [2.45, 2.75) is 13.1 Å². The second kappa shape index (κ2) is 9.06. The number of amides is 2. The van der Waals surface area contributed by atoms with Gasteiger partial charge in [-0.05, 0) is 40.2 Å². The van der Waals surface area contributed by atoms with Crippen LogP contribution >= 0.6 is 15.9 Å². The van der Waals surface area contributed by atoms with Gasteiger partial charge in [0.25, 0.3) is 5.56 Å². The Labute approximate surface area is 172 Å². The van der Waals surface area contributed by atoms with Crippen molar-refractivity contribution in [3.8, 4) is 0 Å². The van der Waals surface area contributed by atoms with Crippen LogP contribution in [-0.4, -0.2) is 30.9 Å². The first-order chi connectivity index (χ1) is 13.9. The summed E-state index contributed by atoms with van der Waals surface area (Å²) in [5.74, 6) is -0.505. The predicted octanol–water partition coefficient (Wildman–Crippen LogP) is 0.840. The molecule has 0 aliphatic carbocycles. The molecule has 0 unspecified atom stereocenters. The zero-order valence-corrected chi connectivity index (χ0v) is 16.5. The fourth-order valence-electron chi connectivity index (χ4n) is 2.41. The molecule has 0 radical (unpaired) electrons. The van der Waals surface area contributed by atoms with E-state index in [0.29, 0.717) is 5.82 Å². The molecule has 0 aromatic carbocycles. The summed E-state index contributed by atoms with van der Waals surface area (Å²) in [5.41, 5.74) is -1.49. The van der Waals surface area contributed by atoms with E-state index in [0.717, 1.165) is 9.13 Å². The van der Waals surface area contributed by atoms with E-state index in [1.54, 1.807) is 36.4 Å². The molecule has 0 fully saturated rings. The topological polar surface area (TPSA) is 128 Å². The summed E-state index contributed by atoms with van der Waals surface area (Å²) >= 11 is 3.06. The summed E-state index contributed by atoms with van der Waals surface area (Å²) in [5, 5.41) is 5.04. The third-order valence-corrected chi connectivity index (χ3v) is 4.22. The number of anilines is 2. The highest BCUT2D eigenvalue weighted by molar-refractivity contribution is 9.10. The summed E-state index contributed by atoms with van der Waals surface area (Å²) in [6.07, 6.45) is 4.21. The monoisotopic (exact) mass is 458 g/mol. The molecule has 3 rings (SSSR count). The van der Waals surface area contributed by atoms with E-state index >= 15 is 0 Å². The molecule has 0 atom stereocenters. The van der Waals surface area contributed by atoms with E-state index in [4.69, 9.17) is 0 Å². The third-order valence-electron chi connectivity index (χ3n) is 3.68. The number of hydrogen-bond acceptors (Lipinski definition) is 6. The second-order valence-electron chi connectivity index (χ2n) is 5.81. The largest absolute Gasteiger partial charge is 0.332 e. The van der Waals surface area contributed by atoms with E-state index in [1.165, 1.54) is 18.6 Å². The maximum Gasteiger partial charge on any atom is 0.332 e. The van der Waals surface area contributed by atoms with E-state index in [9.17, 15) is 19.2 Å². The average Bonchev–Trinajstić information content (AvgIpc) is 2.71. The fraction of sp³-hybridized carbons (Fsp3) is 0.111. The lowest BCUT2D eigenvalue weighted by Crippen LogP contribution is -2.43. The molecule has 3 heterocycles. The minimum absolute atomic E-state index is 0.0355. The minimum atomic E-state index is -0.800. The SMILES string of the molecule is O=C(Cn1cc(Br)c(=O)n(CC(=O)Nc2ccccn2)c1=O)Nc1ccccn1. The summed E-state index contributed by atoms with van der Waals surface area (Å²) in [4.78, 5) is 57.3. The molecule has 0 saturated heterocycles. The average molecular weight is 459 g/mol. The van der Waals surface area contributed by atoms with Gasteiger partial charge in [0.05, 0.1) is 4.47 Å². The number of pyridine rings is 2. The van der Waals surface area contributed by atoms with Gasteiger partial charge in [-0.1, -0.05) is 12.1 Å². The molecule has 3 aromatic rings. The maximum absolute atomic E-state index is 12.6. The first-order valence-corrected chi connectivity index (χ1v) is 9.15. The Morgan fingerprint density at radius 1 is 0.897 bits per heavy atom. The lowest BCUT2D eigenvalue weighted by molar-refractivity contribution is -0.117. The summed E-state index contributed by atoms with van der Waals surface area (Å²) < 4.78 is 1.79. The number of aromatic nitrogens is 4. The van der Waals surface area contributed by atoms with Crippen LogP contribution in [0.5, 0.6) is 0 Å². The Bertz CT molecular complexity index is 1140. The lowest BCUT2D eigenvalue weighted by atomic mass is 10.4. The van der Waals surface area contributed by atoms with Crippen molar-refractivity contribution in [1.82, 2.24) is 19.1 Å². The van der Waals surface area contributed by atoms with Crippen molar-refractivity contribution in [2.75, 3.05) is 10.6 Å². The van der Waals surface area contributed by atoms with Crippen molar-refractivity contribution in [1.29, 1.82) is 0 Å². The van der Waals surface area contributed by atoms with Crippen molar-refractivity contribution >= 4 is 39.4 Å². The van der Waals surface area contributed by atoms with Crippen LogP contribution < -0.4 is 21.9 Å². The zero-order valence-electron chi connectivity index (χ0n) is 14.9. The van der Waals surface area contributed by atoms with Crippen molar-refractivity contribution < 1.29 is 9.59 Å². The van der Waals surface area contributed by atoms with Crippen LogP contribution in [-0.2, 0) is 22.7 Å². The third kappa shape index (κ3) is 5.23. The van der Waals surface area contributed by atoms with Gasteiger partial charge in [-0.2, -0.15) is 0 Å². The molecule has 0 saturated carbocycles. The molecule has 2 N–H and O–H groups in total. The highest BCUT2D eigenvalue weighted by atomic mass is 79.9. The molecule has 0 spiro atoms. The summed E-state index contributed by atoms with van der Waals surface area (Å²) in [6.45, 7) is -0.897. The first kappa shape index (κ1) is 20.1. The molecular weight excluding hydrogens is 444 g/mol. The number of carbonyl (C=O) groups is 2. The Hall–Kier alpha value is -3.60. The van der Waals surface area contributed by atoms with Gasteiger partial charge in [-0.15, -0.1) is 0 Å². The van der Waals surface area contributed by atoms with Gasteiger partial charge in [0.15, 0.2) is 0 Å². The van der Waals surface area contributed by atoms with E-state index in [2.05, 4.69) is 36.5 Å². The summed E-state index contributed by atoms with van der Waals surface area (Å²) in [7, 11) is 0. The molecule has 29 heavy (non-hydrogen) atoms. The number of carbonyl (C=O) groups excluding carboxylic acids is 2. The number of rotatable bonds is 6. The highest BCUT2D eigenvalue weighted by Gasteiger charge is 2.15. The fourth-order valence-corrected chi connectivity index (χ4v) is 2.87. The van der Waals surface area contributed by atoms with Crippen LogP contribution in [0.3, 0.4) is 0 Å². The molecule has 2 amide bonds. The quantitative estimate of drug-likeness (QED) is 0.563. The van der Waals surface area contributed by atoms with E-state index in [-0.39, 0.29) is 16.8 Å². The van der Waals surface area contributed by atoms with Gasteiger partial charge in [0, 0.05) is 18.6 Å². The molecule has 148 valence electrons. The van der Waals surface area contributed by atoms with Crippen LogP contribution in [0.2, 0.25) is 0 Å². The number of halogens is 1. The minimum Gasteiger partial charge on any atom is -0.309 e. The van der Waals surface area contributed by atoms with Gasteiger partial charge in [-0.25, -0.2) is 19.3 Å². The van der Waals surface area contributed by atoms with Crippen molar-refractivity contribution in [3.63, 3.8) is 0 Å². The van der Waals surface area contributed by atoms with Gasteiger partial charge < -0.3 is 10.6 Å². The zero-order chi connectivity index (χ0) is 20.8. The van der Waals surface area contributed by atoms with E-state index in [1.807, 2.05) is 0 Å². The van der Waals surface area contributed by atoms with Gasteiger partial charge in [0.2, 0.25) is 11.8 Å². The van der Waals surface area contributed by atoms with Crippen molar-refractivity contribution in [2.24, 2.45) is 0 Å². The summed E-state index contributed by atoms with van der Waals surface area (Å²) in [6, 6.07) is 9.93. The van der Waals surface area contributed by atoms with Crippen molar-refractivity contribution in [3.05, 3.63) is 80.3 Å². The van der Waals surface area contributed by atoms with Crippen LogP contribution in [0.4, 0.5) is 11.6 Å². The maximum atomic E-state index is 12.6. The molecule has 10 nitrogen and oxygen atoms in total. The molecule has 3 aromatic heterocycles. The Morgan fingerprint density at radius 3 is 1.97 bits per heavy atom. The van der Waals surface area contributed by atoms with Gasteiger partial charge >= 0.3 is 5.69 Å². The first-order valence-electron chi connectivity index (χ1n) is 8.35. The molecule has 11 heteroatoms. The Kier molecular flexibility index (Phi) is 6.29. The van der Waals surface area contributed by atoms with Crippen LogP contribution in [0.25, 0.3) is 0 Å². The molecule has 0 aliphatic rings. The number of nitrogens with one attached hydrogen (secondary N) is 2. The normalized spacial score (nSPS) is 10.4. The Morgan fingerprint density at radius 2 is 1.45 bits per heavy atom. The second-order valence-corrected chi connectivity index (χ2v) is 6.66. The predicted molar refractivity (Wildman–Crippen MR) is 108 cm³/mol. The highest BCUT2D eigenvalue weighted by Crippen LogP contribution is 2.03. The molecule has 0 bridgehead atoms. The number of nitrogens with zero attached hydrogens (tertiary/aromatic N) is 4. The van der Waals surface area contributed by atoms with E-state index < -0.39 is 29.6 Å². The lowest BCUT2D eigenvalue weighted by Gasteiger charge is -2.11. The smallest absolute Gasteiger partial charge is 0.309 e. The molecule has 0 aliphatic heterocycles. The van der Waals surface area contributed by atoms with Crippen LogP contribution in [0.1, 0.15) is 0 Å². The van der Waals surface area contributed by atoms with Crippen LogP contribution in [0.15, 0.2) is 69.1 Å². The molecular formula is C18H15BrN6O4. The van der Waals surface area contributed by atoms with Crippen LogP contribution in [0, 0.1) is 0 Å².